The number of benzene rings is 2. The number of carbonyl (C=O) groups is 1. The van der Waals surface area contributed by atoms with Crippen LogP contribution < -0.4 is 4.90 Å². The lowest BCUT2D eigenvalue weighted by molar-refractivity contribution is 0.101. The number of piperidine rings is 1. The molecule has 0 N–H and O–H groups in total. The van der Waals surface area contributed by atoms with E-state index in [2.05, 4.69) is 34.3 Å². The molecule has 0 radical (unpaired) electrons. The molecule has 1 fully saturated rings. The Bertz CT molecular complexity index is 874. The van der Waals surface area contributed by atoms with Gasteiger partial charge in [0.2, 0.25) is 0 Å². The first kappa shape index (κ1) is 14.9. The molecular weight excluding hydrogens is 300 g/mol. The summed E-state index contributed by atoms with van der Waals surface area (Å²) in [5.41, 5.74) is 3.69. The van der Waals surface area contributed by atoms with Crippen molar-refractivity contribution in [3.63, 3.8) is 0 Å². The van der Waals surface area contributed by atoms with Crippen molar-refractivity contribution in [2.24, 2.45) is 0 Å². The highest BCUT2D eigenvalue weighted by atomic mass is 16.5. The van der Waals surface area contributed by atoms with Crippen molar-refractivity contribution in [1.82, 2.24) is 5.16 Å². The molecule has 0 aliphatic carbocycles. The minimum Gasteiger partial charge on any atom is -0.372 e. The fourth-order valence-corrected chi connectivity index (χ4v) is 3.34. The Hall–Kier alpha value is -2.62. The number of anilines is 1. The number of rotatable bonds is 3. The summed E-state index contributed by atoms with van der Waals surface area (Å²) in [6, 6.07) is 13.9. The fraction of sp³-hybridized carbons (Fsp3) is 0.300. The second kappa shape index (κ2) is 6.11. The van der Waals surface area contributed by atoms with Gasteiger partial charge in [0.25, 0.3) is 0 Å². The van der Waals surface area contributed by atoms with Gasteiger partial charge in [-0.25, -0.2) is 0 Å². The van der Waals surface area contributed by atoms with Crippen LogP contribution in [0.2, 0.25) is 0 Å². The molecule has 0 spiro atoms. The molecule has 4 nitrogen and oxygen atoms in total. The van der Waals surface area contributed by atoms with Gasteiger partial charge in [0.05, 0.1) is 5.39 Å². The average molecular weight is 320 g/mol. The quantitative estimate of drug-likeness (QED) is 0.657. The second-order valence-corrected chi connectivity index (χ2v) is 6.39. The molecule has 0 bridgehead atoms. The van der Waals surface area contributed by atoms with Crippen LogP contribution in [0.3, 0.4) is 0 Å². The van der Waals surface area contributed by atoms with Gasteiger partial charge in [-0.2, -0.15) is 0 Å². The topological polar surface area (TPSA) is 46.3 Å². The van der Waals surface area contributed by atoms with Gasteiger partial charge in [0.15, 0.2) is 11.5 Å². The number of carbonyl (C=O) groups excluding carboxylic acids is 1. The molecular formula is C20H20N2O2. The van der Waals surface area contributed by atoms with Crippen molar-refractivity contribution in [3.05, 3.63) is 48.0 Å². The van der Waals surface area contributed by atoms with Crippen molar-refractivity contribution in [3.8, 4) is 11.3 Å². The Labute approximate surface area is 141 Å². The highest BCUT2D eigenvalue weighted by molar-refractivity contribution is 6.00. The normalized spacial score (nSPS) is 15.0. The van der Waals surface area contributed by atoms with Crippen LogP contribution in [0.25, 0.3) is 22.2 Å². The van der Waals surface area contributed by atoms with E-state index < -0.39 is 0 Å². The van der Waals surface area contributed by atoms with E-state index >= 15 is 0 Å². The van der Waals surface area contributed by atoms with Crippen molar-refractivity contribution in [1.29, 1.82) is 0 Å². The second-order valence-electron chi connectivity index (χ2n) is 6.39. The van der Waals surface area contributed by atoms with E-state index in [1.165, 1.54) is 24.9 Å². The van der Waals surface area contributed by atoms with Gasteiger partial charge >= 0.3 is 0 Å². The van der Waals surface area contributed by atoms with Crippen LogP contribution in [-0.4, -0.2) is 24.0 Å². The number of hydrogen-bond donors (Lipinski definition) is 0. The number of aromatic nitrogens is 1. The molecule has 1 aliphatic rings. The highest BCUT2D eigenvalue weighted by Crippen LogP contribution is 2.31. The van der Waals surface area contributed by atoms with Gasteiger partial charge < -0.3 is 9.42 Å². The van der Waals surface area contributed by atoms with Gasteiger partial charge in [-0.1, -0.05) is 5.16 Å². The zero-order valence-corrected chi connectivity index (χ0v) is 13.8. The predicted molar refractivity (Wildman–Crippen MR) is 95.5 cm³/mol. The molecule has 1 aromatic heterocycles. The fourth-order valence-electron chi connectivity index (χ4n) is 3.34. The zero-order valence-electron chi connectivity index (χ0n) is 13.8. The van der Waals surface area contributed by atoms with E-state index in [9.17, 15) is 4.79 Å². The molecule has 0 unspecified atom stereocenters. The lowest BCUT2D eigenvalue weighted by atomic mass is 10.0. The van der Waals surface area contributed by atoms with Crippen molar-refractivity contribution in [2.45, 2.75) is 26.2 Å². The third-order valence-electron chi connectivity index (χ3n) is 4.73. The summed E-state index contributed by atoms with van der Waals surface area (Å²) in [7, 11) is 0. The summed E-state index contributed by atoms with van der Waals surface area (Å²) < 4.78 is 5.55. The van der Waals surface area contributed by atoms with Crippen molar-refractivity contribution >= 4 is 22.4 Å². The minimum atomic E-state index is 0.0458. The predicted octanol–water partition coefficient (Wildman–Crippen LogP) is 4.69. The molecule has 0 atom stereocenters. The molecule has 4 rings (SSSR count). The van der Waals surface area contributed by atoms with E-state index in [4.69, 9.17) is 4.52 Å². The van der Waals surface area contributed by atoms with Gasteiger partial charge in [-0.15, -0.1) is 0 Å². The summed E-state index contributed by atoms with van der Waals surface area (Å²) in [5, 5.41) is 4.99. The van der Waals surface area contributed by atoms with Crippen LogP contribution in [0.4, 0.5) is 5.69 Å². The smallest absolute Gasteiger partial charge is 0.174 e. The Morgan fingerprint density at radius 3 is 2.50 bits per heavy atom. The standard InChI is InChI=1S/C20H20N2O2/c1-14(23)16-7-10-19-18(13-16)20(24-21-19)15-5-8-17(9-6-15)22-11-3-2-4-12-22/h5-10,13H,2-4,11-12H2,1H3. The third kappa shape index (κ3) is 2.68. The van der Waals surface area contributed by atoms with E-state index in [0.717, 1.165) is 35.3 Å². The number of fused-ring (bicyclic) bond motifs is 1. The summed E-state index contributed by atoms with van der Waals surface area (Å²) in [6.45, 7) is 3.83. The average Bonchev–Trinajstić information content (AvgIpc) is 3.06. The van der Waals surface area contributed by atoms with E-state index in [0.29, 0.717) is 5.56 Å². The molecule has 4 heteroatoms. The van der Waals surface area contributed by atoms with Crippen LogP contribution in [-0.2, 0) is 0 Å². The first-order valence-corrected chi connectivity index (χ1v) is 8.48. The lowest BCUT2D eigenvalue weighted by Gasteiger charge is -2.28. The van der Waals surface area contributed by atoms with Gasteiger partial charge in [0.1, 0.15) is 5.52 Å². The molecule has 3 aromatic rings. The first-order chi connectivity index (χ1) is 11.7. The van der Waals surface area contributed by atoms with Crippen LogP contribution in [0.5, 0.6) is 0 Å². The molecule has 0 amide bonds. The Morgan fingerprint density at radius 2 is 1.79 bits per heavy atom. The minimum absolute atomic E-state index is 0.0458. The maximum Gasteiger partial charge on any atom is 0.174 e. The highest BCUT2D eigenvalue weighted by Gasteiger charge is 2.14. The Morgan fingerprint density at radius 1 is 1.04 bits per heavy atom. The van der Waals surface area contributed by atoms with Gasteiger partial charge in [-0.05, 0) is 68.7 Å². The number of nitrogens with zero attached hydrogens (tertiary/aromatic N) is 2. The summed E-state index contributed by atoms with van der Waals surface area (Å²) in [4.78, 5) is 14.1. The van der Waals surface area contributed by atoms with Crippen molar-refractivity contribution < 1.29 is 9.32 Å². The van der Waals surface area contributed by atoms with Gasteiger partial charge in [-0.3, -0.25) is 4.79 Å². The largest absolute Gasteiger partial charge is 0.372 e. The number of Topliss-reactive ketones (excluding diaryl/α,β-unsaturated/α-hetero) is 1. The summed E-state index contributed by atoms with van der Waals surface area (Å²) >= 11 is 0. The molecule has 1 saturated heterocycles. The summed E-state index contributed by atoms with van der Waals surface area (Å²) in [6.07, 6.45) is 3.86. The molecule has 0 saturated carbocycles. The summed E-state index contributed by atoms with van der Waals surface area (Å²) in [5.74, 6) is 0.766. The third-order valence-corrected chi connectivity index (χ3v) is 4.73. The lowest BCUT2D eigenvalue weighted by Crippen LogP contribution is -2.29. The zero-order chi connectivity index (χ0) is 16.5. The molecule has 1 aliphatic heterocycles. The SMILES string of the molecule is CC(=O)c1ccc2noc(-c3ccc(N4CCCCC4)cc3)c2c1. The molecule has 2 heterocycles. The van der Waals surface area contributed by atoms with Crippen LogP contribution >= 0.6 is 0 Å². The Kier molecular flexibility index (Phi) is 3.81. The van der Waals surface area contributed by atoms with Crippen LogP contribution in [0, 0.1) is 0 Å². The van der Waals surface area contributed by atoms with E-state index in [-0.39, 0.29) is 5.78 Å². The number of hydrogen-bond acceptors (Lipinski definition) is 4. The first-order valence-electron chi connectivity index (χ1n) is 8.48. The molecule has 122 valence electrons. The van der Waals surface area contributed by atoms with E-state index in [1.54, 1.807) is 13.0 Å². The van der Waals surface area contributed by atoms with Crippen LogP contribution in [0.1, 0.15) is 36.5 Å². The molecule has 24 heavy (non-hydrogen) atoms. The Balaban J connectivity index is 1.69. The monoisotopic (exact) mass is 320 g/mol. The van der Waals surface area contributed by atoms with Gasteiger partial charge in [0, 0.05) is 29.9 Å². The van der Waals surface area contributed by atoms with E-state index in [1.807, 2.05) is 12.1 Å². The van der Waals surface area contributed by atoms with Crippen LogP contribution in [0.15, 0.2) is 47.0 Å². The number of ketones is 1. The maximum atomic E-state index is 11.6. The molecule has 2 aromatic carbocycles. The maximum absolute atomic E-state index is 11.6. The van der Waals surface area contributed by atoms with Crippen molar-refractivity contribution in [2.75, 3.05) is 18.0 Å².